The van der Waals surface area contributed by atoms with Crippen LogP contribution in [0.1, 0.15) is 24.2 Å². The van der Waals surface area contributed by atoms with E-state index in [1.807, 2.05) is 6.07 Å². The minimum absolute atomic E-state index is 0.0634. The SMILES string of the molecule is CCC(=O)NC[C@@H](c1ccccc1)S(=O)(=O)c1ccccc1. The zero-order valence-electron chi connectivity index (χ0n) is 12.4. The Morgan fingerprint density at radius 1 is 1.00 bits per heavy atom. The molecule has 1 amide bonds. The molecule has 0 spiro atoms. The van der Waals surface area contributed by atoms with Crippen LogP contribution in [0.25, 0.3) is 0 Å². The van der Waals surface area contributed by atoms with Crippen molar-refractivity contribution in [2.24, 2.45) is 0 Å². The lowest BCUT2D eigenvalue weighted by atomic mass is 10.1. The highest BCUT2D eigenvalue weighted by molar-refractivity contribution is 7.91. The minimum Gasteiger partial charge on any atom is -0.354 e. The summed E-state index contributed by atoms with van der Waals surface area (Å²) in [6, 6.07) is 17.3. The van der Waals surface area contributed by atoms with E-state index >= 15 is 0 Å². The number of hydrogen-bond acceptors (Lipinski definition) is 3. The Morgan fingerprint density at radius 2 is 1.55 bits per heavy atom. The quantitative estimate of drug-likeness (QED) is 0.891. The first-order chi connectivity index (χ1) is 10.6. The molecule has 22 heavy (non-hydrogen) atoms. The van der Waals surface area contributed by atoms with E-state index < -0.39 is 15.1 Å². The first-order valence-electron chi connectivity index (χ1n) is 7.16. The van der Waals surface area contributed by atoms with Crippen LogP contribution in [-0.4, -0.2) is 20.9 Å². The first kappa shape index (κ1) is 16.2. The lowest BCUT2D eigenvalue weighted by Gasteiger charge is -2.19. The van der Waals surface area contributed by atoms with Crippen molar-refractivity contribution in [3.05, 3.63) is 66.2 Å². The van der Waals surface area contributed by atoms with E-state index in [1.165, 1.54) is 0 Å². The summed E-state index contributed by atoms with van der Waals surface area (Å²) in [5.74, 6) is -0.163. The van der Waals surface area contributed by atoms with Gasteiger partial charge in [0.1, 0.15) is 5.25 Å². The number of carbonyl (C=O) groups excluding carboxylic acids is 1. The van der Waals surface area contributed by atoms with Crippen molar-refractivity contribution in [1.82, 2.24) is 5.32 Å². The number of nitrogens with one attached hydrogen (secondary N) is 1. The number of hydrogen-bond donors (Lipinski definition) is 1. The zero-order chi connectivity index (χ0) is 16.0. The van der Waals surface area contributed by atoms with Crippen molar-refractivity contribution in [3.63, 3.8) is 0 Å². The van der Waals surface area contributed by atoms with Gasteiger partial charge in [-0.2, -0.15) is 0 Å². The monoisotopic (exact) mass is 317 g/mol. The molecule has 0 saturated heterocycles. The Kier molecular flexibility index (Phi) is 5.33. The van der Waals surface area contributed by atoms with Crippen molar-refractivity contribution >= 4 is 15.7 Å². The van der Waals surface area contributed by atoms with Crippen molar-refractivity contribution < 1.29 is 13.2 Å². The Bertz CT molecular complexity index is 712. The predicted molar refractivity (Wildman–Crippen MR) is 86.1 cm³/mol. The van der Waals surface area contributed by atoms with Crippen LogP contribution in [0.4, 0.5) is 0 Å². The summed E-state index contributed by atoms with van der Waals surface area (Å²) in [4.78, 5) is 11.8. The van der Waals surface area contributed by atoms with Gasteiger partial charge < -0.3 is 5.32 Å². The Balaban J connectivity index is 2.38. The second kappa shape index (κ2) is 7.22. The molecule has 0 heterocycles. The minimum atomic E-state index is -3.57. The molecule has 0 bridgehead atoms. The molecule has 2 aromatic rings. The van der Waals surface area contributed by atoms with E-state index in [-0.39, 0.29) is 17.3 Å². The maximum absolute atomic E-state index is 12.9. The van der Waals surface area contributed by atoms with Crippen LogP contribution < -0.4 is 5.32 Å². The second-order valence-corrected chi connectivity index (χ2v) is 7.05. The average molecular weight is 317 g/mol. The third kappa shape index (κ3) is 3.74. The van der Waals surface area contributed by atoms with Gasteiger partial charge in [0.2, 0.25) is 5.91 Å². The normalized spacial score (nSPS) is 12.6. The van der Waals surface area contributed by atoms with Crippen LogP contribution in [0.2, 0.25) is 0 Å². The third-order valence-electron chi connectivity index (χ3n) is 3.42. The average Bonchev–Trinajstić information content (AvgIpc) is 2.56. The van der Waals surface area contributed by atoms with Gasteiger partial charge in [0, 0.05) is 13.0 Å². The molecule has 5 heteroatoms. The van der Waals surface area contributed by atoms with Crippen LogP contribution >= 0.6 is 0 Å². The fraction of sp³-hybridized carbons (Fsp3) is 0.235. The van der Waals surface area contributed by atoms with E-state index in [0.29, 0.717) is 12.0 Å². The van der Waals surface area contributed by atoms with E-state index in [1.54, 1.807) is 61.5 Å². The van der Waals surface area contributed by atoms with Gasteiger partial charge in [-0.3, -0.25) is 4.79 Å². The van der Waals surface area contributed by atoms with Crippen LogP contribution in [0, 0.1) is 0 Å². The summed E-state index contributed by atoms with van der Waals surface area (Å²) in [5.41, 5.74) is 0.669. The molecule has 0 radical (unpaired) electrons. The maximum atomic E-state index is 12.9. The molecule has 0 unspecified atom stereocenters. The van der Waals surface area contributed by atoms with Gasteiger partial charge in [0.15, 0.2) is 9.84 Å². The largest absolute Gasteiger partial charge is 0.354 e. The molecule has 0 aliphatic carbocycles. The highest BCUT2D eigenvalue weighted by Crippen LogP contribution is 2.28. The molecule has 1 atom stereocenters. The van der Waals surface area contributed by atoms with E-state index in [4.69, 9.17) is 0 Å². The molecule has 4 nitrogen and oxygen atoms in total. The molecule has 2 aromatic carbocycles. The second-order valence-electron chi connectivity index (χ2n) is 4.92. The molecule has 2 rings (SSSR count). The van der Waals surface area contributed by atoms with Gasteiger partial charge in [0.25, 0.3) is 0 Å². The summed E-state index contributed by atoms with van der Waals surface area (Å²) in [7, 11) is -3.57. The van der Waals surface area contributed by atoms with Gasteiger partial charge in [-0.25, -0.2) is 8.42 Å². The lowest BCUT2D eigenvalue weighted by molar-refractivity contribution is -0.120. The van der Waals surface area contributed by atoms with E-state index in [9.17, 15) is 13.2 Å². The fourth-order valence-corrected chi connectivity index (χ4v) is 3.86. The molecule has 0 aliphatic rings. The fourth-order valence-electron chi connectivity index (χ4n) is 2.18. The molecule has 0 aliphatic heterocycles. The van der Waals surface area contributed by atoms with E-state index in [2.05, 4.69) is 5.32 Å². The van der Waals surface area contributed by atoms with Crippen LogP contribution in [-0.2, 0) is 14.6 Å². The summed E-state index contributed by atoms with van der Waals surface area (Å²) in [6.07, 6.45) is 0.326. The van der Waals surface area contributed by atoms with Crippen LogP contribution in [0.3, 0.4) is 0 Å². The molecule has 0 fully saturated rings. The van der Waals surface area contributed by atoms with Gasteiger partial charge >= 0.3 is 0 Å². The molecule has 0 saturated carbocycles. The Hall–Kier alpha value is -2.14. The van der Waals surface area contributed by atoms with Crippen molar-refractivity contribution in [2.75, 3.05) is 6.54 Å². The third-order valence-corrected chi connectivity index (χ3v) is 5.54. The lowest BCUT2D eigenvalue weighted by Crippen LogP contribution is -2.31. The maximum Gasteiger partial charge on any atom is 0.219 e. The predicted octanol–water partition coefficient (Wildman–Crippen LogP) is 2.73. The van der Waals surface area contributed by atoms with Gasteiger partial charge in [-0.1, -0.05) is 55.5 Å². The highest BCUT2D eigenvalue weighted by Gasteiger charge is 2.29. The number of carbonyl (C=O) groups is 1. The van der Waals surface area contributed by atoms with E-state index in [0.717, 1.165) is 0 Å². The Morgan fingerprint density at radius 3 is 2.09 bits per heavy atom. The summed E-state index contributed by atoms with van der Waals surface area (Å²) in [6.45, 7) is 1.80. The standard InChI is InChI=1S/C17H19NO3S/c1-2-17(19)18-13-16(14-9-5-3-6-10-14)22(20,21)15-11-7-4-8-12-15/h3-12,16H,2,13H2,1H3,(H,18,19)/t16-/m0/s1. The van der Waals surface area contributed by atoms with Crippen molar-refractivity contribution in [3.8, 4) is 0 Å². The topological polar surface area (TPSA) is 63.2 Å². The first-order valence-corrected chi connectivity index (χ1v) is 8.71. The summed E-state index contributed by atoms with van der Waals surface area (Å²) in [5, 5.41) is 1.89. The van der Waals surface area contributed by atoms with Crippen LogP contribution in [0.15, 0.2) is 65.6 Å². The number of benzene rings is 2. The highest BCUT2D eigenvalue weighted by atomic mass is 32.2. The zero-order valence-corrected chi connectivity index (χ0v) is 13.2. The van der Waals surface area contributed by atoms with Gasteiger partial charge in [-0.05, 0) is 17.7 Å². The van der Waals surface area contributed by atoms with Crippen molar-refractivity contribution in [1.29, 1.82) is 0 Å². The number of sulfone groups is 1. The van der Waals surface area contributed by atoms with Crippen LogP contribution in [0.5, 0.6) is 0 Å². The van der Waals surface area contributed by atoms with Crippen molar-refractivity contribution in [2.45, 2.75) is 23.5 Å². The molecule has 1 N–H and O–H groups in total. The molecular weight excluding hydrogens is 298 g/mol. The molecule has 116 valence electrons. The van der Waals surface area contributed by atoms with Gasteiger partial charge in [0.05, 0.1) is 4.90 Å². The Labute approximate surface area is 131 Å². The number of rotatable bonds is 6. The summed E-state index contributed by atoms with van der Waals surface area (Å²) >= 11 is 0. The smallest absolute Gasteiger partial charge is 0.219 e. The number of amides is 1. The molecular formula is C17H19NO3S. The van der Waals surface area contributed by atoms with Gasteiger partial charge in [-0.15, -0.1) is 0 Å². The molecule has 0 aromatic heterocycles. The summed E-state index contributed by atoms with van der Waals surface area (Å²) < 4.78 is 25.8.